The molecular formula is C24H26N7O+. The molecule has 0 unspecified atom stereocenters. The molecule has 2 heterocycles. The first-order valence-corrected chi connectivity index (χ1v) is 10.3. The molecule has 4 aromatic rings. The van der Waals surface area contributed by atoms with Crippen molar-refractivity contribution in [3.8, 4) is 22.8 Å². The van der Waals surface area contributed by atoms with Crippen LogP contribution >= 0.6 is 0 Å². The van der Waals surface area contributed by atoms with Crippen LogP contribution in [-0.4, -0.2) is 39.4 Å². The number of likely N-dealkylation sites (N-methyl/N-ethyl adjacent to an activating group) is 1. The molecule has 0 saturated heterocycles. The molecule has 0 aliphatic carbocycles. The van der Waals surface area contributed by atoms with Gasteiger partial charge in [0.15, 0.2) is 0 Å². The molecular weight excluding hydrogens is 402 g/mol. The number of aromatic nitrogens is 4. The third-order valence-corrected chi connectivity index (χ3v) is 5.13. The molecule has 0 radical (unpaired) electrons. The van der Waals surface area contributed by atoms with E-state index in [2.05, 4.69) is 15.1 Å². The number of fused-ring (bicyclic) bond motifs is 1. The second-order valence-corrected chi connectivity index (χ2v) is 7.34. The van der Waals surface area contributed by atoms with Gasteiger partial charge in [-0.1, -0.05) is 24.3 Å². The van der Waals surface area contributed by atoms with E-state index in [1.165, 1.54) is 6.33 Å². The van der Waals surface area contributed by atoms with Crippen LogP contribution in [0.2, 0.25) is 0 Å². The fourth-order valence-electron chi connectivity index (χ4n) is 3.42. The summed E-state index contributed by atoms with van der Waals surface area (Å²) in [4.78, 5) is 10.5. The molecule has 0 spiro atoms. The minimum Gasteiger partial charge on any atom is -0.457 e. The van der Waals surface area contributed by atoms with E-state index in [0.717, 1.165) is 33.8 Å². The number of rotatable bonds is 7. The van der Waals surface area contributed by atoms with E-state index in [9.17, 15) is 0 Å². The van der Waals surface area contributed by atoms with Crippen molar-refractivity contribution >= 4 is 22.7 Å². The van der Waals surface area contributed by atoms with Gasteiger partial charge in [0.25, 0.3) is 0 Å². The van der Waals surface area contributed by atoms with Gasteiger partial charge < -0.3 is 15.4 Å². The largest absolute Gasteiger partial charge is 0.457 e. The maximum Gasteiger partial charge on any atom is 0.356 e. The average molecular weight is 429 g/mol. The van der Waals surface area contributed by atoms with Crippen LogP contribution in [-0.2, 0) is 6.54 Å². The van der Waals surface area contributed by atoms with Gasteiger partial charge in [0.2, 0.25) is 6.33 Å². The Bertz CT molecular complexity index is 1250. The first kappa shape index (κ1) is 21.0. The van der Waals surface area contributed by atoms with Gasteiger partial charge in [-0.2, -0.15) is 9.67 Å². The van der Waals surface area contributed by atoms with Gasteiger partial charge in [0.05, 0.1) is 6.54 Å². The lowest BCUT2D eigenvalue weighted by Gasteiger charge is -2.15. The van der Waals surface area contributed by atoms with Crippen molar-refractivity contribution in [1.82, 2.24) is 20.0 Å². The number of amidine groups is 1. The summed E-state index contributed by atoms with van der Waals surface area (Å²) in [5.74, 6) is 2.40. The van der Waals surface area contributed by atoms with E-state index in [-0.39, 0.29) is 0 Å². The number of nitrogens with one attached hydrogen (secondary N) is 2. The average Bonchev–Trinajstić information content (AvgIpc) is 3.19. The monoisotopic (exact) mass is 428 g/mol. The maximum absolute atomic E-state index is 8.06. The van der Waals surface area contributed by atoms with E-state index in [0.29, 0.717) is 24.7 Å². The Morgan fingerprint density at radius 2 is 1.84 bits per heavy atom. The number of H-pyrrole nitrogens is 1. The van der Waals surface area contributed by atoms with Crippen LogP contribution in [0.4, 0.5) is 5.82 Å². The minimum atomic E-state index is 0.416. The third kappa shape index (κ3) is 4.44. The van der Waals surface area contributed by atoms with Crippen LogP contribution in [0.15, 0.2) is 73.1 Å². The van der Waals surface area contributed by atoms with Crippen molar-refractivity contribution in [2.45, 2.75) is 13.5 Å². The van der Waals surface area contributed by atoms with Gasteiger partial charge in [0.1, 0.15) is 40.8 Å². The van der Waals surface area contributed by atoms with E-state index < -0.39 is 0 Å². The van der Waals surface area contributed by atoms with Crippen LogP contribution in [0.3, 0.4) is 0 Å². The number of nitrogens with zero attached hydrogens (tertiary/aromatic N) is 4. The first-order valence-electron chi connectivity index (χ1n) is 10.3. The molecule has 0 aliphatic rings. The number of nitrogens with two attached hydrogens (primary N) is 1. The number of anilines is 1. The Hall–Kier alpha value is -4.20. The van der Waals surface area contributed by atoms with Crippen molar-refractivity contribution in [1.29, 1.82) is 5.41 Å². The highest BCUT2D eigenvalue weighted by atomic mass is 16.5. The van der Waals surface area contributed by atoms with Crippen LogP contribution in [0, 0.1) is 5.41 Å². The first-order chi connectivity index (χ1) is 15.6. The lowest BCUT2D eigenvalue weighted by molar-refractivity contribution is -0.726. The number of aromatic amines is 1. The van der Waals surface area contributed by atoms with Crippen LogP contribution in [0.1, 0.15) is 6.92 Å². The van der Waals surface area contributed by atoms with Gasteiger partial charge in [-0.25, -0.2) is 5.10 Å². The molecule has 162 valence electrons. The summed E-state index contributed by atoms with van der Waals surface area (Å²) < 4.78 is 7.84. The smallest absolute Gasteiger partial charge is 0.356 e. The predicted molar refractivity (Wildman–Crippen MR) is 126 cm³/mol. The van der Waals surface area contributed by atoms with E-state index in [1.54, 1.807) is 6.08 Å². The fraction of sp³-hybridized carbons (Fsp3) is 0.167. The zero-order chi connectivity index (χ0) is 22.5. The molecule has 0 amide bonds. The van der Waals surface area contributed by atoms with Gasteiger partial charge in [-0.05, 0) is 54.4 Å². The number of benzene rings is 2. The van der Waals surface area contributed by atoms with E-state index in [1.807, 2.05) is 84.2 Å². The summed E-state index contributed by atoms with van der Waals surface area (Å²) in [5, 5.41) is 12.3. The Morgan fingerprint density at radius 1 is 1.12 bits per heavy atom. The summed E-state index contributed by atoms with van der Waals surface area (Å²) >= 11 is 0. The van der Waals surface area contributed by atoms with Crippen LogP contribution in [0.25, 0.3) is 22.3 Å². The fourth-order valence-corrected chi connectivity index (χ4v) is 3.42. The Balaban J connectivity index is 1.62. The zero-order valence-electron chi connectivity index (χ0n) is 18.1. The molecule has 4 rings (SSSR count). The van der Waals surface area contributed by atoms with E-state index in [4.69, 9.17) is 15.9 Å². The number of hydrogen-bond donors (Lipinski definition) is 3. The molecule has 8 heteroatoms. The second-order valence-electron chi connectivity index (χ2n) is 7.34. The van der Waals surface area contributed by atoms with Crippen molar-refractivity contribution in [3.05, 3.63) is 73.1 Å². The molecule has 0 atom stereocenters. The van der Waals surface area contributed by atoms with Gasteiger partial charge in [-0.15, -0.1) is 0 Å². The second kappa shape index (κ2) is 9.30. The Morgan fingerprint density at radius 3 is 2.56 bits per heavy atom. The van der Waals surface area contributed by atoms with Crippen molar-refractivity contribution in [3.63, 3.8) is 0 Å². The lowest BCUT2D eigenvalue weighted by Crippen LogP contribution is -2.43. The quantitative estimate of drug-likeness (QED) is 0.236. The summed E-state index contributed by atoms with van der Waals surface area (Å²) in [7, 11) is 1.89. The van der Waals surface area contributed by atoms with Crippen LogP contribution in [0.5, 0.6) is 11.5 Å². The predicted octanol–water partition coefficient (Wildman–Crippen LogP) is 3.77. The van der Waals surface area contributed by atoms with Crippen LogP contribution < -0.4 is 15.2 Å². The maximum atomic E-state index is 8.06. The molecule has 2 aromatic heterocycles. The highest BCUT2D eigenvalue weighted by Crippen LogP contribution is 2.30. The van der Waals surface area contributed by atoms with Crippen molar-refractivity contribution in [2.24, 2.45) is 0 Å². The normalized spacial score (nSPS) is 11.2. The third-order valence-electron chi connectivity index (χ3n) is 5.13. The molecule has 0 saturated carbocycles. The number of para-hydroxylation sites is 1. The molecule has 4 N–H and O–H groups in total. The number of nitrogen functional groups attached to an aromatic ring is 1. The molecule has 0 aliphatic heterocycles. The lowest BCUT2D eigenvalue weighted by atomic mass is 10.1. The van der Waals surface area contributed by atoms with E-state index >= 15 is 0 Å². The zero-order valence-corrected chi connectivity index (χ0v) is 18.1. The highest BCUT2D eigenvalue weighted by molar-refractivity contribution is 5.96. The molecule has 8 nitrogen and oxygen atoms in total. The number of hydrogen-bond acceptors (Lipinski definition) is 5. The summed E-state index contributed by atoms with van der Waals surface area (Å²) in [6.07, 6.45) is 5.09. The SMILES string of the molecule is CC=CC(=N)N(C)CC[n+]1[nH]c(-c2ccc(Oc3ccccc3)cc2)c2c(N)ncnc21. The van der Waals surface area contributed by atoms with Gasteiger partial charge in [-0.3, -0.25) is 5.41 Å². The number of ether oxygens (including phenoxy) is 1. The summed E-state index contributed by atoms with van der Waals surface area (Å²) in [5.41, 5.74) is 8.74. The number of allylic oxidation sites excluding steroid dienone is 1. The Labute approximate surface area is 186 Å². The summed E-state index contributed by atoms with van der Waals surface area (Å²) in [6, 6.07) is 17.5. The highest BCUT2D eigenvalue weighted by Gasteiger charge is 2.23. The standard InChI is InChI=1S/C24H25N7O/c1-3-7-20(25)30(2)14-15-31-24-21(23(26)27-16-28-24)22(29-31)17-10-12-19(13-11-17)32-18-8-5-4-6-9-18/h3-13,16,25H,14-15H2,1-2H3,(H2,26,27,28,29)/p+1. The van der Waals surface area contributed by atoms with Gasteiger partial charge >= 0.3 is 5.65 Å². The minimum absolute atomic E-state index is 0.416. The van der Waals surface area contributed by atoms with Crippen molar-refractivity contribution in [2.75, 3.05) is 19.3 Å². The Kier molecular flexibility index (Phi) is 6.12. The van der Waals surface area contributed by atoms with Gasteiger partial charge in [0, 0.05) is 12.6 Å². The molecule has 32 heavy (non-hydrogen) atoms. The molecule has 2 aromatic carbocycles. The molecule has 0 fully saturated rings. The van der Waals surface area contributed by atoms with Crippen molar-refractivity contribution < 1.29 is 9.42 Å². The molecule has 0 bridgehead atoms. The summed E-state index contributed by atoms with van der Waals surface area (Å²) in [6.45, 7) is 3.15. The topological polar surface area (TPSA) is 108 Å².